The highest BCUT2D eigenvalue weighted by molar-refractivity contribution is 7.99. The second kappa shape index (κ2) is 7.72. The predicted molar refractivity (Wildman–Crippen MR) is 87.4 cm³/mol. The lowest BCUT2D eigenvalue weighted by molar-refractivity contribution is 0.0957. The van der Waals surface area contributed by atoms with Crippen LogP contribution in [0.5, 0.6) is 0 Å². The summed E-state index contributed by atoms with van der Waals surface area (Å²) >= 11 is 3.42. The quantitative estimate of drug-likeness (QED) is 0.843. The van der Waals surface area contributed by atoms with Crippen LogP contribution in [0.4, 0.5) is 0 Å². The Morgan fingerprint density at radius 2 is 2.40 bits per heavy atom. The average Bonchev–Trinajstić information content (AvgIpc) is 2.85. The largest absolute Gasteiger partial charge is 0.350 e. The van der Waals surface area contributed by atoms with E-state index in [0.717, 1.165) is 21.9 Å². The van der Waals surface area contributed by atoms with Crippen LogP contribution in [-0.2, 0) is 0 Å². The lowest BCUT2D eigenvalue weighted by Gasteiger charge is -2.21. The minimum absolute atomic E-state index is 0.0186. The van der Waals surface area contributed by atoms with Crippen molar-refractivity contribution < 1.29 is 4.79 Å². The van der Waals surface area contributed by atoms with E-state index in [1.807, 2.05) is 24.8 Å². The number of amides is 1. The Hall–Kier alpha value is -0.960. The van der Waals surface area contributed by atoms with E-state index in [1.165, 1.54) is 36.4 Å². The molecule has 2 heterocycles. The summed E-state index contributed by atoms with van der Waals surface area (Å²) in [6, 6.07) is 1.91. The zero-order chi connectivity index (χ0) is 14.4. The molecule has 5 heteroatoms. The molecule has 0 saturated carbocycles. The van der Waals surface area contributed by atoms with Crippen LogP contribution >= 0.6 is 23.1 Å². The second-order valence-electron chi connectivity index (χ2n) is 4.83. The topological polar surface area (TPSA) is 55.1 Å². The third-order valence-electron chi connectivity index (χ3n) is 3.21. The molecule has 2 rings (SSSR count). The Balaban J connectivity index is 1.91. The van der Waals surface area contributed by atoms with Crippen molar-refractivity contribution in [3.63, 3.8) is 0 Å². The number of carbonyl (C=O) groups is 1. The van der Waals surface area contributed by atoms with Gasteiger partial charge in [-0.3, -0.25) is 4.79 Å². The lowest BCUT2D eigenvalue weighted by Crippen LogP contribution is -2.31. The van der Waals surface area contributed by atoms with Crippen molar-refractivity contribution in [2.24, 2.45) is 5.73 Å². The van der Waals surface area contributed by atoms with E-state index in [4.69, 9.17) is 5.73 Å². The SMILES string of the molecule is Cc1cc(C(=O)NCC2CCCCS2)sc1C#CCN. The molecule has 1 aliphatic heterocycles. The van der Waals surface area contributed by atoms with Crippen LogP contribution in [0.2, 0.25) is 0 Å². The first-order chi connectivity index (χ1) is 9.70. The highest BCUT2D eigenvalue weighted by atomic mass is 32.2. The van der Waals surface area contributed by atoms with Crippen LogP contribution in [-0.4, -0.2) is 30.0 Å². The van der Waals surface area contributed by atoms with Crippen molar-refractivity contribution in [1.29, 1.82) is 0 Å². The first-order valence-electron chi connectivity index (χ1n) is 6.90. The summed E-state index contributed by atoms with van der Waals surface area (Å²) in [6.07, 6.45) is 3.80. The maximum absolute atomic E-state index is 12.1. The fourth-order valence-electron chi connectivity index (χ4n) is 2.11. The van der Waals surface area contributed by atoms with Crippen molar-refractivity contribution in [2.45, 2.75) is 31.4 Å². The van der Waals surface area contributed by atoms with E-state index in [-0.39, 0.29) is 5.91 Å². The van der Waals surface area contributed by atoms with Gasteiger partial charge in [-0.1, -0.05) is 18.3 Å². The first kappa shape index (κ1) is 15.4. The maximum Gasteiger partial charge on any atom is 0.261 e. The van der Waals surface area contributed by atoms with E-state index >= 15 is 0 Å². The molecule has 1 unspecified atom stereocenters. The number of nitrogens with two attached hydrogens (primary N) is 1. The highest BCUT2D eigenvalue weighted by Gasteiger charge is 2.16. The Morgan fingerprint density at radius 1 is 1.55 bits per heavy atom. The molecule has 0 bridgehead atoms. The molecule has 0 aliphatic carbocycles. The number of thioether (sulfide) groups is 1. The van der Waals surface area contributed by atoms with Crippen LogP contribution in [0.25, 0.3) is 0 Å². The lowest BCUT2D eigenvalue weighted by atomic mass is 10.2. The van der Waals surface area contributed by atoms with Gasteiger partial charge in [0.05, 0.1) is 16.3 Å². The van der Waals surface area contributed by atoms with Gasteiger partial charge in [-0.05, 0) is 37.1 Å². The van der Waals surface area contributed by atoms with Crippen molar-refractivity contribution in [3.8, 4) is 11.8 Å². The predicted octanol–water partition coefficient (Wildman–Crippen LogP) is 2.38. The van der Waals surface area contributed by atoms with Gasteiger partial charge < -0.3 is 11.1 Å². The summed E-state index contributed by atoms with van der Waals surface area (Å²) in [7, 11) is 0. The summed E-state index contributed by atoms with van der Waals surface area (Å²) in [5, 5.41) is 3.62. The number of hydrogen-bond donors (Lipinski definition) is 2. The third kappa shape index (κ3) is 4.27. The summed E-state index contributed by atoms with van der Waals surface area (Å²) in [4.78, 5) is 13.8. The second-order valence-corrected chi connectivity index (χ2v) is 7.29. The molecular formula is C15H20N2OS2. The normalized spacial score (nSPS) is 18.2. The Kier molecular flexibility index (Phi) is 5.96. The van der Waals surface area contributed by atoms with Gasteiger partial charge in [-0.15, -0.1) is 11.3 Å². The summed E-state index contributed by atoms with van der Waals surface area (Å²) < 4.78 is 0. The van der Waals surface area contributed by atoms with Crippen LogP contribution in [0.3, 0.4) is 0 Å². The van der Waals surface area contributed by atoms with Crippen molar-refractivity contribution in [1.82, 2.24) is 5.32 Å². The molecule has 1 aromatic heterocycles. The van der Waals surface area contributed by atoms with Crippen molar-refractivity contribution in [2.75, 3.05) is 18.8 Å². The molecule has 1 fully saturated rings. The van der Waals surface area contributed by atoms with E-state index in [9.17, 15) is 4.79 Å². The van der Waals surface area contributed by atoms with Gasteiger partial charge >= 0.3 is 0 Å². The van der Waals surface area contributed by atoms with Crippen LogP contribution in [0.15, 0.2) is 6.07 Å². The molecule has 1 aliphatic rings. The fraction of sp³-hybridized carbons (Fsp3) is 0.533. The molecule has 20 heavy (non-hydrogen) atoms. The van der Waals surface area contributed by atoms with E-state index in [2.05, 4.69) is 17.2 Å². The number of rotatable bonds is 3. The highest BCUT2D eigenvalue weighted by Crippen LogP contribution is 2.25. The van der Waals surface area contributed by atoms with E-state index < -0.39 is 0 Å². The standard InChI is InChI=1S/C15H20N2OS2/c1-11-9-14(20-13(11)6-4-7-16)15(18)17-10-12-5-2-3-8-19-12/h9,12H,2-3,5,7-8,10,16H2,1H3,(H,17,18). The minimum Gasteiger partial charge on any atom is -0.350 e. The molecule has 108 valence electrons. The Labute approximate surface area is 128 Å². The van der Waals surface area contributed by atoms with E-state index in [0.29, 0.717) is 11.8 Å². The van der Waals surface area contributed by atoms with Gasteiger partial charge in [0.1, 0.15) is 0 Å². The summed E-state index contributed by atoms with van der Waals surface area (Å²) in [5.41, 5.74) is 6.42. The van der Waals surface area contributed by atoms with Gasteiger partial charge in [-0.25, -0.2) is 0 Å². The summed E-state index contributed by atoms with van der Waals surface area (Å²) in [5.74, 6) is 7.09. The monoisotopic (exact) mass is 308 g/mol. The van der Waals surface area contributed by atoms with Gasteiger partial charge in [0.25, 0.3) is 5.91 Å². The van der Waals surface area contributed by atoms with Crippen LogP contribution < -0.4 is 11.1 Å². The molecule has 1 amide bonds. The molecular weight excluding hydrogens is 288 g/mol. The zero-order valence-corrected chi connectivity index (χ0v) is 13.3. The summed E-state index contributed by atoms with van der Waals surface area (Å²) in [6.45, 7) is 3.09. The molecule has 1 aromatic rings. The van der Waals surface area contributed by atoms with Gasteiger partial charge in [-0.2, -0.15) is 11.8 Å². The van der Waals surface area contributed by atoms with E-state index in [1.54, 1.807) is 0 Å². The fourth-order valence-corrected chi connectivity index (χ4v) is 4.31. The van der Waals surface area contributed by atoms with Gasteiger partial charge in [0.2, 0.25) is 0 Å². The smallest absolute Gasteiger partial charge is 0.261 e. The van der Waals surface area contributed by atoms with Crippen molar-refractivity contribution >= 4 is 29.0 Å². The number of thiophene rings is 1. The molecule has 3 nitrogen and oxygen atoms in total. The minimum atomic E-state index is 0.0186. The molecule has 1 atom stereocenters. The maximum atomic E-state index is 12.1. The number of hydrogen-bond acceptors (Lipinski definition) is 4. The number of carbonyl (C=O) groups excluding carboxylic acids is 1. The molecule has 3 N–H and O–H groups in total. The average molecular weight is 308 g/mol. The number of aryl methyl sites for hydroxylation is 1. The number of nitrogens with one attached hydrogen (secondary N) is 1. The van der Waals surface area contributed by atoms with Crippen molar-refractivity contribution in [3.05, 3.63) is 21.4 Å². The Morgan fingerprint density at radius 3 is 3.10 bits per heavy atom. The van der Waals surface area contributed by atoms with Crippen LogP contribution in [0.1, 0.15) is 39.4 Å². The molecule has 0 aromatic carbocycles. The van der Waals surface area contributed by atoms with Crippen LogP contribution in [0, 0.1) is 18.8 Å². The van der Waals surface area contributed by atoms with Gasteiger partial charge in [0, 0.05) is 11.8 Å². The molecule has 0 spiro atoms. The third-order valence-corrected chi connectivity index (χ3v) is 5.76. The Bertz CT molecular complexity index is 522. The van der Waals surface area contributed by atoms with Gasteiger partial charge in [0.15, 0.2) is 0 Å². The molecule has 1 saturated heterocycles. The zero-order valence-electron chi connectivity index (χ0n) is 11.7. The first-order valence-corrected chi connectivity index (χ1v) is 8.76. The molecule has 0 radical (unpaired) electrons.